The van der Waals surface area contributed by atoms with Crippen LogP contribution in [0.2, 0.25) is 0 Å². The molecule has 0 aliphatic rings. The highest BCUT2D eigenvalue weighted by Gasteiger charge is 2.22. The molecular formula is C18H22N6. The van der Waals surface area contributed by atoms with Crippen LogP contribution < -0.4 is 5.32 Å². The Morgan fingerprint density at radius 3 is 2.58 bits per heavy atom. The summed E-state index contributed by atoms with van der Waals surface area (Å²) in [4.78, 5) is 9.38. The molecule has 0 amide bonds. The molecule has 124 valence electrons. The first-order valence-corrected chi connectivity index (χ1v) is 7.99. The van der Waals surface area contributed by atoms with E-state index in [1.807, 2.05) is 22.9 Å². The maximum absolute atomic E-state index is 4.73. The first-order chi connectivity index (χ1) is 11.5. The normalized spacial score (nSPS) is 11.6. The lowest BCUT2D eigenvalue weighted by Gasteiger charge is -2.17. The van der Waals surface area contributed by atoms with Crippen molar-refractivity contribution >= 4 is 17.0 Å². The van der Waals surface area contributed by atoms with Crippen molar-refractivity contribution in [2.24, 2.45) is 0 Å². The van der Waals surface area contributed by atoms with Gasteiger partial charge in [-0.2, -0.15) is 0 Å². The third-order valence-electron chi connectivity index (χ3n) is 3.62. The van der Waals surface area contributed by atoms with Crippen molar-refractivity contribution in [1.29, 1.82) is 0 Å². The van der Waals surface area contributed by atoms with Gasteiger partial charge in [-0.25, -0.2) is 14.6 Å². The molecule has 2 aromatic heterocycles. The molecule has 1 N–H and O–H groups in total. The molecule has 6 heteroatoms. The van der Waals surface area contributed by atoms with Crippen LogP contribution in [0.4, 0.5) is 5.82 Å². The highest BCUT2D eigenvalue weighted by Crippen LogP contribution is 2.25. The van der Waals surface area contributed by atoms with E-state index in [4.69, 9.17) is 4.98 Å². The highest BCUT2D eigenvalue weighted by molar-refractivity contribution is 5.82. The second kappa shape index (κ2) is 6.39. The Kier molecular flexibility index (Phi) is 4.29. The van der Waals surface area contributed by atoms with Gasteiger partial charge in [0.2, 0.25) is 0 Å². The minimum Gasteiger partial charge on any atom is -0.365 e. The minimum atomic E-state index is -0.166. The van der Waals surface area contributed by atoms with E-state index in [-0.39, 0.29) is 5.41 Å². The lowest BCUT2D eigenvalue weighted by atomic mass is 9.96. The maximum Gasteiger partial charge on any atom is 0.184 e. The molecule has 0 aliphatic carbocycles. The second-order valence-electron chi connectivity index (χ2n) is 6.72. The van der Waals surface area contributed by atoms with E-state index < -0.39 is 0 Å². The van der Waals surface area contributed by atoms with Gasteiger partial charge in [-0.3, -0.25) is 0 Å². The van der Waals surface area contributed by atoms with Crippen molar-refractivity contribution in [2.75, 3.05) is 11.9 Å². The average molecular weight is 322 g/mol. The summed E-state index contributed by atoms with van der Waals surface area (Å²) >= 11 is 0. The largest absolute Gasteiger partial charge is 0.365 e. The first kappa shape index (κ1) is 16.1. The van der Waals surface area contributed by atoms with Gasteiger partial charge in [0.1, 0.15) is 5.82 Å². The Balaban J connectivity index is 2.09. The van der Waals surface area contributed by atoms with Gasteiger partial charge in [-0.1, -0.05) is 62.4 Å². The van der Waals surface area contributed by atoms with Gasteiger partial charge in [-0.15, -0.1) is 11.7 Å². The number of benzene rings is 1. The smallest absolute Gasteiger partial charge is 0.184 e. The predicted molar refractivity (Wildman–Crippen MR) is 96.0 cm³/mol. The number of nitrogens with one attached hydrogen (secondary N) is 1. The van der Waals surface area contributed by atoms with E-state index in [9.17, 15) is 0 Å². The van der Waals surface area contributed by atoms with Crippen molar-refractivity contribution in [2.45, 2.75) is 32.7 Å². The molecule has 0 spiro atoms. The molecule has 24 heavy (non-hydrogen) atoms. The number of hydrogen-bond acceptors (Lipinski definition) is 5. The Hall–Kier alpha value is -2.76. The molecule has 1 aromatic carbocycles. The molecule has 3 aromatic rings. The van der Waals surface area contributed by atoms with E-state index in [1.54, 1.807) is 6.08 Å². The van der Waals surface area contributed by atoms with Crippen LogP contribution in [0.5, 0.6) is 0 Å². The van der Waals surface area contributed by atoms with Crippen LogP contribution >= 0.6 is 0 Å². The predicted octanol–water partition coefficient (Wildman–Crippen LogP) is 3.17. The Bertz CT molecular complexity index is 845. The van der Waals surface area contributed by atoms with E-state index in [2.05, 4.69) is 60.1 Å². The fourth-order valence-corrected chi connectivity index (χ4v) is 2.35. The van der Waals surface area contributed by atoms with Crippen LogP contribution in [0.25, 0.3) is 11.2 Å². The summed E-state index contributed by atoms with van der Waals surface area (Å²) in [6, 6.07) is 10.2. The number of anilines is 1. The average Bonchev–Trinajstić information content (AvgIpc) is 2.96. The molecule has 2 heterocycles. The lowest BCUT2D eigenvalue weighted by molar-refractivity contribution is 0.546. The molecule has 0 atom stereocenters. The number of rotatable bonds is 5. The molecule has 0 fully saturated rings. The first-order valence-electron chi connectivity index (χ1n) is 7.99. The van der Waals surface area contributed by atoms with Crippen molar-refractivity contribution in [1.82, 2.24) is 25.0 Å². The van der Waals surface area contributed by atoms with E-state index >= 15 is 0 Å². The second-order valence-corrected chi connectivity index (χ2v) is 6.72. The molecule has 0 aliphatic heterocycles. The molecule has 0 radical (unpaired) electrons. The Labute approximate surface area is 141 Å². The van der Waals surface area contributed by atoms with Crippen LogP contribution in [-0.4, -0.2) is 31.5 Å². The van der Waals surface area contributed by atoms with Crippen molar-refractivity contribution in [3.8, 4) is 0 Å². The summed E-state index contributed by atoms with van der Waals surface area (Å²) in [5.41, 5.74) is 2.41. The maximum atomic E-state index is 4.73. The van der Waals surface area contributed by atoms with Crippen molar-refractivity contribution < 1.29 is 0 Å². The van der Waals surface area contributed by atoms with Crippen LogP contribution in [0, 0.1) is 0 Å². The number of aromatic nitrogens is 5. The van der Waals surface area contributed by atoms with Crippen LogP contribution in [0.1, 0.15) is 32.2 Å². The topological polar surface area (TPSA) is 68.5 Å². The van der Waals surface area contributed by atoms with Crippen molar-refractivity contribution in [3.63, 3.8) is 0 Å². The molecule has 3 rings (SSSR count). The standard InChI is InChI=1S/C18H22N6/c1-5-11-19-15-14-16(21-17(20-15)18(2,3)4)24(23-22-14)12-13-9-7-6-8-10-13/h5-10H,1,11-12H2,2-4H3,(H,19,20,21). The monoisotopic (exact) mass is 322 g/mol. The van der Waals surface area contributed by atoms with E-state index in [0.717, 1.165) is 17.0 Å². The van der Waals surface area contributed by atoms with E-state index in [1.165, 1.54) is 0 Å². The minimum absolute atomic E-state index is 0.166. The Morgan fingerprint density at radius 1 is 1.17 bits per heavy atom. The highest BCUT2D eigenvalue weighted by atomic mass is 15.4. The fraction of sp³-hybridized carbons (Fsp3) is 0.333. The van der Waals surface area contributed by atoms with Gasteiger partial charge < -0.3 is 5.32 Å². The zero-order valence-electron chi connectivity index (χ0n) is 14.3. The molecule has 0 saturated heterocycles. The van der Waals surface area contributed by atoms with Gasteiger partial charge >= 0.3 is 0 Å². The van der Waals surface area contributed by atoms with Gasteiger partial charge in [0.15, 0.2) is 17.0 Å². The Morgan fingerprint density at radius 2 is 1.92 bits per heavy atom. The van der Waals surface area contributed by atoms with Gasteiger partial charge in [-0.05, 0) is 5.56 Å². The molecule has 0 unspecified atom stereocenters. The quantitative estimate of drug-likeness (QED) is 0.731. The third-order valence-corrected chi connectivity index (χ3v) is 3.62. The summed E-state index contributed by atoms with van der Waals surface area (Å²) < 4.78 is 1.82. The van der Waals surface area contributed by atoms with Gasteiger partial charge in [0, 0.05) is 12.0 Å². The number of fused-ring (bicyclic) bond motifs is 1. The molecule has 0 bridgehead atoms. The third kappa shape index (κ3) is 3.27. The summed E-state index contributed by atoms with van der Waals surface area (Å²) in [6.45, 7) is 11.3. The summed E-state index contributed by atoms with van der Waals surface area (Å²) in [5, 5.41) is 11.8. The fourth-order valence-electron chi connectivity index (χ4n) is 2.35. The van der Waals surface area contributed by atoms with E-state index in [0.29, 0.717) is 24.4 Å². The zero-order chi connectivity index (χ0) is 17.2. The van der Waals surface area contributed by atoms with Gasteiger partial charge in [0.25, 0.3) is 0 Å². The van der Waals surface area contributed by atoms with Crippen molar-refractivity contribution in [3.05, 3.63) is 54.4 Å². The lowest BCUT2D eigenvalue weighted by Crippen LogP contribution is -2.18. The van der Waals surface area contributed by atoms with Crippen LogP contribution in [-0.2, 0) is 12.0 Å². The summed E-state index contributed by atoms with van der Waals surface area (Å²) in [6.07, 6.45) is 1.79. The summed E-state index contributed by atoms with van der Waals surface area (Å²) in [5.74, 6) is 1.46. The zero-order valence-corrected chi connectivity index (χ0v) is 14.3. The van der Waals surface area contributed by atoms with Crippen LogP contribution in [0.15, 0.2) is 43.0 Å². The summed E-state index contributed by atoms with van der Waals surface area (Å²) in [7, 11) is 0. The van der Waals surface area contributed by atoms with Crippen LogP contribution in [0.3, 0.4) is 0 Å². The SMILES string of the molecule is C=CCNc1nc(C(C)(C)C)nc2c1nnn2Cc1ccccc1. The van der Waals surface area contributed by atoms with Gasteiger partial charge in [0.05, 0.1) is 6.54 Å². The number of nitrogens with zero attached hydrogens (tertiary/aromatic N) is 5. The molecule has 0 saturated carbocycles. The molecule has 6 nitrogen and oxygen atoms in total. The molecular weight excluding hydrogens is 300 g/mol. The number of hydrogen-bond donors (Lipinski definition) is 1.